The second kappa shape index (κ2) is 9.10. The van der Waals surface area contributed by atoms with Gasteiger partial charge in [0.2, 0.25) is 0 Å². The van der Waals surface area contributed by atoms with Gasteiger partial charge in [-0.1, -0.05) is 6.07 Å². The van der Waals surface area contributed by atoms with Crippen LogP contribution in [0.15, 0.2) is 72.6 Å². The first kappa shape index (κ1) is 22.6. The first-order chi connectivity index (χ1) is 16.3. The predicted octanol–water partition coefficient (Wildman–Crippen LogP) is 3.76. The van der Waals surface area contributed by atoms with Gasteiger partial charge < -0.3 is 14.7 Å². The molecule has 1 N–H and O–H groups in total. The molecule has 10 heteroatoms. The van der Waals surface area contributed by atoms with Crippen molar-refractivity contribution in [2.45, 2.75) is 12.6 Å². The number of amides is 1. The Bertz CT molecular complexity index is 1310. The molecule has 0 radical (unpaired) electrons. The zero-order chi connectivity index (χ0) is 24.4. The SMILES string of the molecule is COc1ccc(C(O)=C2C(=O)C(=O)N(Cc3cccnc3)C2c2ccc([N+](=O)[O-])cc2)cc1F. The quantitative estimate of drug-likeness (QED) is 0.194. The van der Waals surface area contributed by atoms with Gasteiger partial charge in [-0.05, 0) is 47.5 Å². The summed E-state index contributed by atoms with van der Waals surface area (Å²) in [4.78, 5) is 41.8. The maximum absolute atomic E-state index is 14.3. The molecule has 3 aromatic rings. The Morgan fingerprint density at radius 2 is 1.94 bits per heavy atom. The minimum absolute atomic E-state index is 0.00613. The van der Waals surface area contributed by atoms with E-state index in [2.05, 4.69) is 4.98 Å². The topological polar surface area (TPSA) is 123 Å². The molecule has 0 aliphatic carbocycles. The summed E-state index contributed by atoms with van der Waals surface area (Å²) in [7, 11) is 1.29. The Balaban J connectivity index is 1.86. The van der Waals surface area contributed by atoms with E-state index in [-0.39, 0.29) is 29.1 Å². The fourth-order valence-corrected chi connectivity index (χ4v) is 3.83. The van der Waals surface area contributed by atoms with Gasteiger partial charge in [-0.15, -0.1) is 0 Å². The van der Waals surface area contributed by atoms with Gasteiger partial charge in [0.05, 0.1) is 23.6 Å². The van der Waals surface area contributed by atoms with E-state index in [1.807, 2.05) is 0 Å². The van der Waals surface area contributed by atoms with Gasteiger partial charge in [0, 0.05) is 36.6 Å². The smallest absolute Gasteiger partial charge is 0.295 e. The number of benzene rings is 2. The van der Waals surface area contributed by atoms with Crippen LogP contribution >= 0.6 is 0 Å². The molecule has 1 saturated heterocycles. The van der Waals surface area contributed by atoms with Crippen LogP contribution in [0.2, 0.25) is 0 Å². The standard InChI is InChI=1S/C24H18FN3O6/c1-34-19-9-6-16(11-18(19)25)22(29)20-21(15-4-7-17(8-5-15)28(32)33)27(24(31)23(20)30)13-14-3-2-10-26-12-14/h2-12,21,29H,13H2,1H3. The summed E-state index contributed by atoms with van der Waals surface area (Å²) in [6.45, 7) is -0.00613. The molecule has 4 rings (SSSR count). The lowest BCUT2D eigenvalue weighted by atomic mass is 9.95. The van der Waals surface area contributed by atoms with Crippen molar-refractivity contribution < 1.29 is 28.7 Å². The van der Waals surface area contributed by atoms with Gasteiger partial charge in [-0.25, -0.2) is 4.39 Å². The third kappa shape index (κ3) is 4.08. The van der Waals surface area contributed by atoms with E-state index in [9.17, 15) is 29.2 Å². The summed E-state index contributed by atoms with van der Waals surface area (Å²) in [6, 6.07) is 11.3. The van der Waals surface area contributed by atoms with E-state index in [1.54, 1.807) is 18.3 Å². The number of rotatable bonds is 6. The number of Topliss-reactive ketones (excluding diaryl/α,β-unsaturated/α-hetero) is 1. The molecule has 9 nitrogen and oxygen atoms in total. The molecule has 2 heterocycles. The number of hydrogen-bond acceptors (Lipinski definition) is 7. The molecule has 1 aromatic heterocycles. The Morgan fingerprint density at radius 1 is 1.21 bits per heavy atom. The second-order valence-electron chi connectivity index (χ2n) is 7.49. The van der Waals surface area contributed by atoms with Gasteiger partial charge in [0.15, 0.2) is 11.6 Å². The van der Waals surface area contributed by atoms with Crippen LogP contribution in [0.1, 0.15) is 22.7 Å². The van der Waals surface area contributed by atoms with Crippen LogP contribution in [0, 0.1) is 15.9 Å². The van der Waals surface area contributed by atoms with Gasteiger partial charge in [-0.3, -0.25) is 24.7 Å². The van der Waals surface area contributed by atoms with E-state index in [0.29, 0.717) is 11.1 Å². The zero-order valence-corrected chi connectivity index (χ0v) is 17.8. The zero-order valence-electron chi connectivity index (χ0n) is 17.8. The number of nitro groups is 1. The number of aliphatic hydroxyl groups excluding tert-OH is 1. The van der Waals surface area contributed by atoms with Crippen LogP contribution < -0.4 is 4.74 Å². The number of pyridine rings is 1. The number of aromatic nitrogens is 1. The summed E-state index contributed by atoms with van der Waals surface area (Å²) in [6.07, 6.45) is 3.09. The molecule has 1 unspecified atom stereocenters. The first-order valence-corrected chi connectivity index (χ1v) is 10.1. The van der Waals surface area contributed by atoms with Crippen molar-refractivity contribution in [1.29, 1.82) is 0 Å². The number of carbonyl (C=O) groups excluding carboxylic acids is 2. The summed E-state index contributed by atoms with van der Waals surface area (Å²) < 4.78 is 19.2. The number of carbonyl (C=O) groups is 2. The van der Waals surface area contributed by atoms with Crippen molar-refractivity contribution in [3.63, 3.8) is 0 Å². The van der Waals surface area contributed by atoms with Gasteiger partial charge in [0.1, 0.15) is 5.76 Å². The highest BCUT2D eigenvalue weighted by atomic mass is 19.1. The largest absolute Gasteiger partial charge is 0.507 e. The van der Waals surface area contributed by atoms with Crippen molar-refractivity contribution in [3.05, 3.63) is 105 Å². The summed E-state index contributed by atoms with van der Waals surface area (Å²) >= 11 is 0. The summed E-state index contributed by atoms with van der Waals surface area (Å²) in [5.41, 5.74) is 0.540. The number of ketones is 1. The molecule has 1 atom stereocenters. The first-order valence-electron chi connectivity index (χ1n) is 10.1. The van der Waals surface area contributed by atoms with Crippen molar-refractivity contribution in [3.8, 4) is 5.75 Å². The Hall–Kier alpha value is -4.60. The van der Waals surface area contributed by atoms with E-state index in [0.717, 1.165) is 6.07 Å². The lowest BCUT2D eigenvalue weighted by Crippen LogP contribution is -2.29. The number of non-ortho nitro benzene ring substituents is 1. The molecular formula is C24H18FN3O6. The molecule has 34 heavy (non-hydrogen) atoms. The normalized spacial score (nSPS) is 17.1. The highest BCUT2D eigenvalue weighted by Crippen LogP contribution is 2.41. The van der Waals surface area contributed by atoms with Crippen LogP contribution in [-0.2, 0) is 16.1 Å². The average molecular weight is 463 g/mol. The average Bonchev–Trinajstić information content (AvgIpc) is 3.09. The van der Waals surface area contributed by atoms with Crippen LogP contribution in [-0.4, -0.2) is 38.7 Å². The number of ether oxygens (including phenoxy) is 1. The van der Waals surface area contributed by atoms with Crippen LogP contribution in [0.3, 0.4) is 0 Å². The number of aliphatic hydroxyl groups is 1. The molecular weight excluding hydrogens is 445 g/mol. The Morgan fingerprint density at radius 3 is 2.53 bits per heavy atom. The number of likely N-dealkylation sites (tertiary alicyclic amines) is 1. The van der Waals surface area contributed by atoms with E-state index < -0.39 is 34.2 Å². The van der Waals surface area contributed by atoms with Crippen LogP contribution in [0.25, 0.3) is 5.76 Å². The fraction of sp³-hybridized carbons (Fsp3) is 0.125. The predicted molar refractivity (Wildman–Crippen MR) is 118 cm³/mol. The molecule has 1 aliphatic heterocycles. The minimum Gasteiger partial charge on any atom is -0.507 e. The Labute approximate surface area is 192 Å². The summed E-state index contributed by atoms with van der Waals surface area (Å²) in [5.74, 6) is -3.22. The number of hydrogen-bond donors (Lipinski definition) is 1. The lowest BCUT2D eigenvalue weighted by Gasteiger charge is -2.25. The minimum atomic E-state index is -1.06. The number of nitro benzene ring substituents is 1. The van der Waals surface area contributed by atoms with Crippen molar-refractivity contribution in [1.82, 2.24) is 9.88 Å². The molecule has 2 aromatic carbocycles. The highest BCUT2D eigenvalue weighted by Gasteiger charge is 2.46. The highest BCUT2D eigenvalue weighted by molar-refractivity contribution is 6.46. The van der Waals surface area contributed by atoms with E-state index in [1.165, 1.54) is 54.6 Å². The molecule has 1 fully saturated rings. The molecule has 172 valence electrons. The maximum Gasteiger partial charge on any atom is 0.295 e. The van der Waals surface area contributed by atoms with Crippen molar-refractivity contribution >= 4 is 23.1 Å². The van der Waals surface area contributed by atoms with E-state index in [4.69, 9.17) is 4.74 Å². The molecule has 0 spiro atoms. The van der Waals surface area contributed by atoms with Gasteiger partial charge in [0.25, 0.3) is 17.4 Å². The Kier molecular flexibility index (Phi) is 6.05. The molecule has 1 aliphatic rings. The second-order valence-corrected chi connectivity index (χ2v) is 7.49. The van der Waals surface area contributed by atoms with Crippen LogP contribution in [0.4, 0.5) is 10.1 Å². The number of methoxy groups -OCH3 is 1. The number of nitrogens with zero attached hydrogens (tertiary/aromatic N) is 3. The molecule has 0 bridgehead atoms. The van der Waals surface area contributed by atoms with E-state index >= 15 is 0 Å². The lowest BCUT2D eigenvalue weighted by molar-refractivity contribution is -0.384. The summed E-state index contributed by atoms with van der Waals surface area (Å²) in [5, 5.41) is 22.1. The fourth-order valence-electron chi connectivity index (χ4n) is 3.83. The molecule has 1 amide bonds. The maximum atomic E-state index is 14.3. The van der Waals surface area contributed by atoms with Crippen molar-refractivity contribution in [2.75, 3.05) is 7.11 Å². The number of halogens is 1. The van der Waals surface area contributed by atoms with Crippen molar-refractivity contribution in [2.24, 2.45) is 0 Å². The molecule has 0 saturated carbocycles. The monoisotopic (exact) mass is 463 g/mol. The third-order valence-electron chi connectivity index (χ3n) is 5.46. The van der Waals surface area contributed by atoms with Crippen LogP contribution in [0.5, 0.6) is 5.75 Å². The third-order valence-corrected chi connectivity index (χ3v) is 5.46. The van der Waals surface area contributed by atoms with Gasteiger partial charge in [-0.2, -0.15) is 0 Å². The van der Waals surface area contributed by atoms with Gasteiger partial charge >= 0.3 is 0 Å².